The topological polar surface area (TPSA) is 66.2 Å². The van der Waals surface area contributed by atoms with Gasteiger partial charge in [0, 0.05) is 27.3 Å². The maximum atomic E-state index is 6.26. The van der Waals surface area contributed by atoms with Crippen LogP contribution < -0.4 is 16.0 Å². The maximum absolute atomic E-state index is 6.26. The van der Waals surface area contributed by atoms with E-state index in [9.17, 15) is 0 Å². The Bertz CT molecular complexity index is 2890. The predicted molar refractivity (Wildman–Crippen MR) is 211 cm³/mol. The van der Waals surface area contributed by atoms with Crippen molar-refractivity contribution in [3.8, 4) is 33.8 Å². The number of nitrogens with one attached hydrogen (secondary N) is 2. The molecule has 52 heavy (non-hydrogen) atoms. The lowest BCUT2D eigenvalue weighted by Gasteiger charge is -2.24. The molecular weight excluding hydrogens is 639 g/mol. The lowest BCUT2D eigenvalue weighted by Crippen LogP contribution is -2.39. The third-order valence-electron chi connectivity index (χ3n) is 10.5. The molecule has 0 spiro atoms. The van der Waals surface area contributed by atoms with Crippen LogP contribution in [-0.2, 0) is 0 Å². The standard InChI is InChI=1S/C46H31N5O/c1-2-12-33(13-3-1)51-49-39-25-24-29-22-20-28-21-23-31(27-37(28)42(29)45(39)50-51)30-10-8-11-32(26-30)46-47-38-17-6-4-14-34(38)44(48-46)36-16-9-19-41-43(36)35-15-5-7-18-40(35)52-41/h1-27,39,45,49-50H. The molecule has 6 nitrogen and oxygen atoms in total. The van der Waals surface area contributed by atoms with Crippen molar-refractivity contribution < 1.29 is 4.42 Å². The zero-order chi connectivity index (χ0) is 34.2. The number of hydrogen-bond acceptors (Lipinski definition) is 6. The van der Waals surface area contributed by atoms with Crippen LogP contribution in [0.15, 0.2) is 162 Å². The van der Waals surface area contributed by atoms with Crippen LogP contribution in [0.3, 0.4) is 0 Å². The summed E-state index contributed by atoms with van der Waals surface area (Å²) in [5.41, 5.74) is 18.8. The third kappa shape index (κ3) is 4.59. The lowest BCUT2D eigenvalue weighted by molar-refractivity contribution is 0.606. The van der Waals surface area contributed by atoms with Gasteiger partial charge in [0.1, 0.15) is 11.2 Å². The Morgan fingerprint density at radius 3 is 2.29 bits per heavy atom. The predicted octanol–water partition coefficient (Wildman–Crippen LogP) is 10.6. The number of hydrazine groups is 2. The van der Waals surface area contributed by atoms with Gasteiger partial charge in [0.2, 0.25) is 0 Å². The van der Waals surface area contributed by atoms with E-state index in [0.29, 0.717) is 5.82 Å². The molecule has 0 bridgehead atoms. The van der Waals surface area contributed by atoms with E-state index in [1.165, 1.54) is 21.9 Å². The van der Waals surface area contributed by atoms with Crippen LogP contribution in [0.25, 0.3) is 83.5 Å². The van der Waals surface area contributed by atoms with Crippen LogP contribution >= 0.6 is 0 Å². The van der Waals surface area contributed by atoms with Crippen LogP contribution in [0.1, 0.15) is 17.2 Å². The number of furan rings is 1. The summed E-state index contributed by atoms with van der Waals surface area (Å²) in [6, 6.07) is 53.2. The molecule has 246 valence electrons. The van der Waals surface area contributed by atoms with E-state index in [4.69, 9.17) is 14.4 Å². The van der Waals surface area contributed by atoms with Crippen molar-refractivity contribution in [2.24, 2.45) is 0 Å². The van der Waals surface area contributed by atoms with Crippen molar-refractivity contribution in [2.45, 2.75) is 12.1 Å². The van der Waals surface area contributed by atoms with Crippen molar-refractivity contribution >= 4 is 55.4 Å². The number of fused-ring (bicyclic) bond motifs is 9. The summed E-state index contributed by atoms with van der Waals surface area (Å²) in [6.07, 6.45) is 4.50. The number of rotatable bonds is 4. The van der Waals surface area contributed by atoms with E-state index in [2.05, 4.69) is 138 Å². The zero-order valence-corrected chi connectivity index (χ0v) is 28.0. The molecule has 2 atom stereocenters. The SMILES string of the molecule is C1=CC2NN(c3ccccc3)NC2c2c1ccc1ccc(-c3cccc(-c4nc(-c5cccc6oc7ccccc7c56)c5ccccc5n4)c3)cc21. The molecule has 0 amide bonds. The van der Waals surface area contributed by atoms with E-state index in [1.54, 1.807) is 0 Å². The van der Waals surface area contributed by atoms with Gasteiger partial charge in [-0.25, -0.2) is 25.9 Å². The van der Waals surface area contributed by atoms with Gasteiger partial charge < -0.3 is 4.42 Å². The molecule has 2 aliphatic rings. The highest BCUT2D eigenvalue weighted by Gasteiger charge is 2.36. The van der Waals surface area contributed by atoms with Crippen molar-refractivity contribution in [3.05, 3.63) is 169 Å². The Hall–Kier alpha value is -6.60. The average Bonchev–Trinajstić information content (AvgIpc) is 3.83. The minimum atomic E-state index is 0.0895. The Morgan fingerprint density at radius 1 is 0.577 bits per heavy atom. The summed E-state index contributed by atoms with van der Waals surface area (Å²) < 4.78 is 6.26. The molecule has 3 heterocycles. The molecule has 2 unspecified atom stereocenters. The summed E-state index contributed by atoms with van der Waals surface area (Å²) in [5, 5.41) is 7.67. The van der Waals surface area contributed by atoms with Gasteiger partial charge in [-0.3, -0.25) is 0 Å². The molecule has 2 N–H and O–H groups in total. The first kappa shape index (κ1) is 29.2. The van der Waals surface area contributed by atoms with Crippen LogP contribution in [0.4, 0.5) is 5.69 Å². The number of nitrogens with zero attached hydrogens (tertiary/aromatic N) is 3. The molecule has 1 aliphatic carbocycles. The molecule has 9 aromatic rings. The highest BCUT2D eigenvalue weighted by atomic mass is 16.3. The van der Waals surface area contributed by atoms with Gasteiger partial charge in [-0.15, -0.1) is 0 Å². The second-order valence-electron chi connectivity index (χ2n) is 13.6. The number of aromatic nitrogens is 2. The molecule has 1 saturated heterocycles. The fourth-order valence-electron chi connectivity index (χ4n) is 8.06. The summed E-state index contributed by atoms with van der Waals surface area (Å²) in [6.45, 7) is 0. The van der Waals surface area contributed by atoms with Gasteiger partial charge in [0.15, 0.2) is 5.82 Å². The van der Waals surface area contributed by atoms with Crippen molar-refractivity contribution in [3.63, 3.8) is 0 Å². The highest BCUT2D eigenvalue weighted by Crippen LogP contribution is 2.41. The Morgan fingerprint density at radius 2 is 1.35 bits per heavy atom. The van der Waals surface area contributed by atoms with Gasteiger partial charge >= 0.3 is 0 Å². The van der Waals surface area contributed by atoms with Crippen LogP contribution in [0.5, 0.6) is 0 Å². The first-order valence-electron chi connectivity index (χ1n) is 17.7. The second-order valence-corrected chi connectivity index (χ2v) is 13.6. The summed E-state index contributed by atoms with van der Waals surface area (Å²) in [5.74, 6) is 0.689. The maximum Gasteiger partial charge on any atom is 0.160 e. The number of hydrogen-bond donors (Lipinski definition) is 2. The number of benzene rings is 7. The Balaban J connectivity index is 1.03. The molecule has 6 heteroatoms. The number of anilines is 1. The zero-order valence-electron chi connectivity index (χ0n) is 28.0. The number of para-hydroxylation sites is 3. The molecule has 1 fully saturated rings. The van der Waals surface area contributed by atoms with Gasteiger partial charge in [-0.2, -0.15) is 0 Å². The first-order chi connectivity index (χ1) is 25.7. The van der Waals surface area contributed by atoms with Crippen LogP contribution in [-0.4, -0.2) is 16.0 Å². The molecule has 1 aliphatic heterocycles. The summed E-state index contributed by atoms with van der Waals surface area (Å²) >= 11 is 0. The molecule has 11 rings (SSSR count). The average molecular weight is 670 g/mol. The van der Waals surface area contributed by atoms with E-state index in [1.807, 2.05) is 41.5 Å². The lowest BCUT2D eigenvalue weighted by atomic mass is 9.85. The highest BCUT2D eigenvalue weighted by molar-refractivity contribution is 6.14. The summed E-state index contributed by atoms with van der Waals surface area (Å²) in [7, 11) is 0. The van der Waals surface area contributed by atoms with E-state index < -0.39 is 0 Å². The largest absolute Gasteiger partial charge is 0.456 e. The van der Waals surface area contributed by atoms with Gasteiger partial charge in [0.25, 0.3) is 0 Å². The Labute approximate surface area is 299 Å². The molecule has 7 aromatic carbocycles. The van der Waals surface area contributed by atoms with Gasteiger partial charge in [-0.05, 0) is 75.5 Å². The Kier molecular flexibility index (Phi) is 6.43. The second kappa shape index (κ2) is 11.5. The minimum Gasteiger partial charge on any atom is -0.456 e. The first-order valence-corrected chi connectivity index (χ1v) is 17.7. The van der Waals surface area contributed by atoms with E-state index >= 15 is 0 Å². The van der Waals surface area contributed by atoms with Crippen molar-refractivity contribution in [1.29, 1.82) is 0 Å². The molecular formula is C46H31N5O. The van der Waals surface area contributed by atoms with Gasteiger partial charge in [-0.1, -0.05) is 121 Å². The van der Waals surface area contributed by atoms with E-state index in [-0.39, 0.29) is 12.1 Å². The van der Waals surface area contributed by atoms with Crippen LogP contribution in [0.2, 0.25) is 0 Å². The normalized spacial score (nSPS) is 16.6. The summed E-state index contributed by atoms with van der Waals surface area (Å²) in [4.78, 5) is 10.4. The van der Waals surface area contributed by atoms with Crippen LogP contribution in [0, 0.1) is 0 Å². The van der Waals surface area contributed by atoms with Crippen molar-refractivity contribution in [1.82, 2.24) is 20.8 Å². The molecule has 0 radical (unpaired) electrons. The van der Waals surface area contributed by atoms with Gasteiger partial charge in [0.05, 0.1) is 29.0 Å². The fourth-order valence-corrected chi connectivity index (χ4v) is 8.06. The molecule has 2 aromatic heterocycles. The van der Waals surface area contributed by atoms with Crippen molar-refractivity contribution in [2.75, 3.05) is 5.12 Å². The minimum absolute atomic E-state index is 0.0895. The monoisotopic (exact) mass is 669 g/mol. The third-order valence-corrected chi connectivity index (χ3v) is 10.5. The smallest absolute Gasteiger partial charge is 0.160 e. The fraction of sp³-hybridized carbons (Fsp3) is 0.0435. The quantitative estimate of drug-likeness (QED) is 0.194. The molecule has 0 saturated carbocycles. The van der Waals surface area contributed by atoms with E-state index in [0.717, 1.165) is 66.5 Å².